The zero-order valence-electron chi connectivity index (χ0n) is 7.45. The largest absolute Gasteiger partial charge is 0.358 e. The zero-order chi connectivity index (χ0) is 7.82. The summed E-state index contributed by atoms with van der Waals surface area (Å²) in [6.45, 7) is 9.48. The van der Waals surface area contributed by atoms with Crippen molar-refractivity contribution in [3.05, 3.63) is 0 Å². The second-order valence-corrected chi connectivity index (χ2v) is 2.77. The van der Waals surface area contributed by atoms with Gasteiger partial charge in [0.25, 0.3) is 0 Å². The summed E-state index contributed by atoms with van der Waals surface area (Å²) < 4.78 is 0. The van der Waals surface area contributed by atoms with E-state index in [0.29, 0.717) is 0 Å². The van der Waals surface area contributed by atoms with Crippen LogP contribution in [-0.4, -0.2) is 26.2 Å². The van der Waals surface area contributed by atoms with Crippen LogP contribution in [0.15, 0.2) is 0 Å². The van der Waals surface area contributed by atoms with Gasteiger partial charge in [-0.3, -0.25) is 0 Å². The van der Waals surface area contributed by atoms with Crippen LogP contribution in [0.2, 0.25) is 0 Å². The molecule has 10 heavy (non-hydrogen) atoms. The Bertz CT molecular complexity index is 60.3. The second kappa shape index (κ2) is 7.03. The molecule has 62 valence electrons. The van der Waals surface area contributed by atoms with Gasteiger partial charge in [0, 0.05) is 12.8 Å². The second-order valence-electron chi connectivity index (χ2n) is 2.77. The van der Waals surface area contributed by atoms with Crippen LogP contribution >= 0.6 is 0 Å². The number of hydrogen-bond donors (Lipinski definition) is 2. The highest BCUT2D eigenvalue weighted by molar-refractivity contribution is 4.32. The van der Waals surface area contributed by atoms with E-state index < -0.39 is 0 Å². The van der Waals surface area contributed by atoms with Crippen LogP contribution in [0.5, 0.6) is 0 Å². The van der Waals surface area contributed by atoms with Gasteiger partial charge in [-0.1, -0.05) is 0 Å². The van der Waals surface area contributed by atoms with E-state index in [2.05, 4.69) is 19.6 Å². The summed E-state index contributed by atoms with van der Waals surface area (Å²) in [7, 11) is 0. The first-order valence-electron chi connectivity index (χ1n) is 4.47. The molecule has 0 fully saturated rings. The summed E-state index contributed by atoms with van der Waals surface area (Å²) in [5, 5.41) is 0. The average Bonchev–Trinajstić information content (AvgIpc) is 1.99. The Morgan fingerprint density at radius 1 is 1.10 bits per heavy atom. The molecule has 0 radical (unpaired) electrons. The molecule has 0 aromatic heterocycles. The van der Waals surface area contributed by atoms with Crippen molar-refractivity contribution < 1.29 is 10.6 Å². The Morgan fingerprint density at radius 3 is 2.10 bits per heavy atom. The maximum atomic E-state index is 3.82. The first-order chi connectivity index (χ1) is 4.85. The molecular weight excluding hydrogens is 124 g/mol. The van der Waals surface area contributed by atoms with Crippen LogP contribution in [0.3, 0.4) is 0 Å². The lowest BCUT2D eigenvalue weighted by atomic mass is 10.3. The van der Waals surface area contributed by atoms with Crippen molar-refractivity contribution in [2.24, 2.45) is 0 Å². The van der Waals surface area contributed by atoms with E-state index >= 15 is 0 Å². The standard InChI is InChI=1S/C8H20N2/c1-3-10(4-2)8-6-5-7-9/h3-9H2,1-2H3/p+2. The maximum Gasteiger partial charge on any atom is 0.0773 e. The van der Waals surface area contributed by atoms with Crippen molar-refractivity contribution in [3.63, 3.8) is 0 Å². The van der Waals surface area contributed by atoms with E-state index in [1.54, 1.807) is 4.90 Å². The maximum absolute atomic E-state index is 3.82. The van der Waals surface area contributed by atoms with E-state index in [0.717, 1.165) is 6.54 Å². The third-order valence-electron chi connectivity index (χ3n) is 2.03. The Kier molecular flexibility index (Phi) is 6.98. The van der Waals surface area contributed by atoms with Crippen molar-refractivity contribution in [3.8, 4) is 0 Å². The molecular formula is C8H22N2+2. The molecule has 2 heteroatoms. The number of nitrogens with one attached hydrogen (secondary N) is 1. The SMILES string of the molecule is CC[NH+](CC)CCCC[NH3+]. The van der Waals surface area contributed by atoms with Gasteiger partial charge >= 0.3 is 0 Å². The molecule has 0 atom stereocenters. The highest BCUT2D eigenvalue weighted by Gasteiger charge is 1.99. The molecule has 0 aliphatic rings. The number of quaternary nitrogens is 2. The molecule has 0 aromatic rings. The van der Waals surface area contributed by atoms with E-state index in [9.17, 15) is 0 Å². The van der Waals surface area contributed by atoms with E-state index in [4.69, 9.17) is 0 Å². The lowest BCUT2D eigenvalue weighted by molar-refractivity contribution is -0.896. The van der Waals surface area contributed by atoms with Gasteiger partial charge in [0.15, 0.2) is 0 Å². The Labute approximate surface area is 64.4 Å². The van der Waals surface area contributed by atoms with Gasteiger partial charge < -0.3 is 10.6 Å². The predicted octanol–water partition coefficient (Wildman–Crippen LogP) is -1.07. The Balaban J connectivity index is 3.09. The Morgan fingerprint density at radius 2 is 1.70 bits per heavy atom. The minimum atomic E-state index is 1.10. The number of hydrogen-bond acceptors (Lipinski definition) is 0. The van der Waals surface area contributed by atoms with Crippen LogP contribution in [-0.2, 0) is 0 Å². The van der Waals surface area contributed by atoms with Crippen molar-refractivity contribution in [2.75, 3.05) is 26.2 Å². The molecule has 0 spiro atoms. The van der Waals surface area contributed by atoms with Gasteiger partial charge in [0.05, 0.1) is 26.2 Å². The topological polar surface area (TPSA) is 32.1 Å². The van der Waals surface area contributed by atoms with E-state index in [1.165, 1.54) is 32.5 Å². The summed E-state index contributed by atoms with van der Waals surface area (Å²) in [4.78, 5) is 1.72. The van der Waals surface area contributed by atoms with Gasteiger partial charge in [-0.05, 0) is 13.8 Å². The lowest BCUT2D eigenvalue weighted by Gasteiger charge is -2.13. The fraction of sp³-hybridized carbons (Fsp3) is 1.00. The van der Waals surface area contributed by atoms with Crippen LogP contribution in [0.25, 0.3) is 0 Å². The molecule has 4 N–H and O–H groups in total. The zero-order valence-corrected chi connectivity index (χ0v) is 7.45. The van der Waals surface area contributed by atoms with Gasteiger partial charge in [-0.2, -0.15) is 0 Å². The molecule has 0 aliphatic heterocycles. The van der Waals surface area contributed by atoms with Gasteiger partial charge in [-0.15, -0.1) is 0 Å². The van der Waals surface area contributed by atoms with Crippen LogP contribution in [0, 0.1) is 0 Å². The fourth-order valence-corrected chi connectivity index (χ4v) is 1.16. The quantitative estimate of drug-likeness (QED) is 0.448. The van der Waals surface area contributed by atoms with Gasteiger partial charge in [0.1, 0.15) is 0 Å². The van der Waals surface area contributed by atoms with Gasteiger partial charge in [-0.25, -0.2) is 0 Å². The van der Waals surface area contributed by atoms with Crippen LogP contribution in [0.4, 0.5) is 0 Å². The summed E-state index contributed by atoms with van der Waals surface area (Å²) in [5.41, 5.74) is 3.82. The summed E-state index contributed by atoms with van der Waals surface area (Å²) in [6.07, 6.45) is 2.64. The van der Waals surface area contributed by atoms with Crippen molar-refractivity contribution >= 4 is 0 Å². The first kappa shape index (κ1) is 9.92. The number of unbranched alkanes of at least 4 members (excludes halogenated alkanes) is 1. The number of rotatable bonds is 6. The molecule has 2 nitrogen and oxygen atoms in total. The lowest BCUT2D eigenvalue weighted by Crippen LogP contribution is -3.11. The van der Waals surface area contributed by atoms with E-state index in [1.807, 2.05) is 0 Å². The van der Waals surface area contributed by atoms with Gasteiger partial charge in [0.2, 0.25) is 0 Å². The molecule has 0 bridgehead atoms. The third kappa shape index (κ3) is 4.77. The highest BCUT2D eigenvalue weighted by Crippen LogP contribution is 1.77. The summed E-state index contributed by atoms with van der Waals surface area (Å²) >= 11 is 0. The van der Waals surface area contributed by atoms with Crippen molar-refractivity contribution in [2.45, 2.75) is 26.7 Å². The Hall–Kier alpha value is -0.0800. The monoisotopic (exact) mass is 146 g/mol. The summed E-state index contributed by atoms with van der Waals surface area (Å²) in [5.74, 6) is 0. The molecule has 0 saturated heterocycles. The molecule has 0 rings (SSSR count). The van der Waals surface area contributed by atoms with Crippen molar-refractivity contribution in [1.29, 1.82) is 0 Å². The first-order valence-corrected chi connectivity index (χ1v) is 4.47. The smallest absolute Gasteiger partial charge is 0.0773 e. The average molecular weight is 146 g/mol. The highest BCUT2D eigenvalue weighted by atomic mass is 15.1. The molecule has 0 amide bonds. The molecule has 0 aliphatic carbocycles. The molecule has 0 unspecified atom stereocenters. The summed E-state index contributed by atoms with van der Waals surface area (Å²) in [6, 6.07) is 0. The van der Waals surface area contributed by atoms with Crippen LogP contribution < -0.4 is 10.6 Å². The normalized spacial score (nSPS) is 10.8. The molecule has 0 heterocycles. The van der Waals surface area contributed by atoms with Crippen LogP contribution in [0.1, 0.15) is 26.7 Å². The fourth-order valence-electron chi connectivity index (χ4n) is 1.16. The predicted molar refractivity (Wildman–Crippen MR) is 43.9 cm³/mol. The van der Waals surface area contributed by atoms with E-state index in [-0.39, 0.29) is 0 Å². The minimum absolute atomic E-state index is 1.10. The molecule has 0 saturated carbocycles. The van der Waals surface area contributed by atoms with Crippen molar-refractivity contribution in [1.82, 2.24) is 0 Å². The molecule has 0 aromatic carbocycles. The third-order valence-corrected chi connectivity index (χ3v) is 2.03. The minimum Gasteiger partial charge on any atom is -0.358 e.